The van der Waals surface area contributed by atoms with Crippen molar-refractivity contribution >= 4 is 28.0 Å². The molecule has 2 atom stereocenters. The van der Waals surface area contributed by atoms with E-state index >= 15 is 0 Å². The van der Waals surface area contributed by atoms with Gasteiger partial charge in [-0.2, -0.15) is 0 Å². The van der Waals surface area contributed by atoms with Gasteiger partial charge >= 0.3 is 0 Å². The largest absolute Gasteiger partial charge is 0.391 e. The van der Waals surface area contributed by atoms with Crippen LogP contribution in [-0.4, -0.2) is 45.3 Å². The predicted molar refractivity (Wildman–Crippen MR) is 123 cm³/mol. The number of nitrogens with zero attached hydrogens (tertiary/aromatic N) is 4. The fourth-order valence-electron chi connectivity index (χ4n) is 4.20. The Hall–Kier alpha value is -3.69. The number of aromatic nitrogens is 3. The second-order valence-corrected chi connectivity index (χ2v) is 8.11. The molecule has 7 nitrogen and oxygen atoms in total. The van der Waals surface area contributed by atoms with Crippen molar-refractivity contribution in [2.45, 2.75) is 18.6 Å². The number of β-amino-alcohol motifs (C(OH)–C–C–N with tert-alkyl or cyclic N) is 1. The number of nitrogens with one attached hydrogen (secondary N) is 1. The van der Waals surface area contributed by atoms with Crippen LogP contribution in [0.5, 0.6) is 0 Å². The average Bonchev–Trinajstić information content (AvgIpc) is 2.79. The van der Waals surface area contributed by atoms with E-state index in [-0.39, 0.29) is 17.4 Å². The maximum absolute atomic E-state index is 14.3. The molecule has 0 aliphatic carbocycles. The van der Waals surface area contributed by atoms with Crippen LogP contribution in [-0.2, 0) is 0 Å². The van der Waals surface area contributed by atoms with Crippen LogP contribution in [0.1, 0.15) is 6.42 Å². The lowest BCUT2D eigenvalue weighted by Gasteiger charge is -2.36. The molecule has 9 heteroatoms. The number of benzene rings is 2. The standard InChI is InChI=1S/C24H22F2N6O/c25-17-4-2-5-18(26)22(17)24-29-10-14-3-1-6-19(23(14)31-24)30-20-11-28-8-7-21(20)32-12-15(27)9-16(33)13-32/h1-8,10-11,15-16,30,33H,9,12-13,27H2. The number of hydrogen-bond acceptors (Lipinski definition) is 7. The van der Waals surface area contributed by atoms with E-state index in [1.807, 2.05) is 29.2 Å². The van der Waals surface area contributed by atoms with Gasteiger partial charge in [-0.25, -0.2) is 18.7 Å². The molecule has 33 heavy (non-hydrogen) atoms. The molecule has 0 radical (unpaired) electrons. The maximum atomic E-state index is 14.3. The van der Waals surface area contributed by atoms with Crippen LogP contribution in [0.2, 0.25) is 0 Å². The summed E-state index contributed by atoms with van der Waals surface area (Å²) in [7, 11) is 0. The van der Waals surface area contributed by atoms with Gasteiger partial charge in [-0.05, 0) is 30.7 Å². The zero-order valence-electron chi connectivity index (χ0n) is 17.6. The number of pyridine rings is 1. The van der Waals surface area contributed by atoms with Crippen LogP contribution in [0.3, 0.4) is 0 Å². The summed E-state index contributed by atoms with van der Waals surface area (Å²) < 4.78 is 28.7. The second-order valence-electron chi connectivity index (χ2n) is 8.11. The van der Waals surface area contributed by atoms with E-state index in [2.05, 4.69) is 20.3 Å². The molecule has 0 spiro atoms. The highest BCUT2D eigenvalue weighted by molar-refractivity contribution is 5.93. The SMILES string of the molecule is NC1CC(O)CN(c2ccncc2Nc2cccc3cnc(-c4c(F)cccc4F)nc23)C1. The number of para-hydroxylation sites is 1. The Bertz CT molecular complexity index is 1290. The molecule has 2 aromatic carbocycles. The highest BCUT2D eigenvalue weighted by Gasteiger charge is 2.25. The van der Waals surface area contributed by atoms with E-state index in [9.17, 15) is 13.9 Å². The van der Waals surface area contributed by atoms with E-state index in [0.717, 1.165) is 5.69 Å². The number of fused-ring (bicyclic) bond motifs is 1. The Morgan fingerprint density at radius 2 is 1.79 bits per heavy atom. The molecule has 2 unspecified atom stereocenters. The van der Waals surface area contributed by atoms with Gasteiger partial charge in [0.25, 0.3) is 0 Å². The van der Waals surface area contributed by atoms with Gasteiger partial charge in [0.1, 0.15) is 11.6 Å². The van der Waals surface area contributed by atoms with Crippen molar-refractivity contribution in [1.82, 2.24) is 15.0 Å². The molecule has 168 valence electrons. The first-order chi connectivity index (χ1) is 16.0. The van der Waals surface area contributed by atoms with Crippen LogP contribution in [0, 0.1) is 11.6 Å². The van der Waals surface area contributed by atoms with Gasteiger partial charge in [0.2, 0.25) is 0 Å². The lowest BCUT2D eigenvalue weighted by Crippen LogP contribution is -2.49. The molecule has 1 aliphatic heterocycles. The number of halogens is 2. The number of nitrogens with two attached hydrogens (primary N) is 1. The van der Waals surface area contributed by atoms with E-state index in [4.69, 9.17) is 5.73 Å². The molecular formula is C24H22F2N6O. The Kier molecular flexibility index (Phi) is 5.57. The lowest BCUT2D eigenvalue weighted by atomic mass is 10.0. The highest BCUT2D eigenvalue weighted by Crippen LogP contribution is 2.33. The van der Waals surface area contributed by atoms with E-state index < -0.39 is 17.7 Å². The molecule has 2 aromatic heterocycles. The molecule has 1 fully saturated rings. The number of aliphatic hydroxyl groups excluding tert-OH is 1. The third kappa shape index (κ3) is 4.20. The van der Waals surface area contributed by atoms with Crippen molar-refractivity contribution in [3.8, 4) is 11.4 Å². The van der Waals surface area contributed by atoms with Crippen LogP contribution >= 0.6 is 0 Å². The van der Waals surface area contributed by atoms with Gasteiger partial charge in [-0.1, -0.05) is 18.2 Å². The number of aliphatic hydroxyl groups is 1. The van der Waals surface area contributed by atoms with Crippen LogP contribution in [0.15, 0.2) is 61.1 Å². The van der Waals surface area contributed by atoms with E-state index in [0.29, 0.717) is 41.8 Å². The zero-order chi connectivity index (χ0) is 22.9. The Morgan fingerprint density at radius 3 is 2.58 bits per heavy atom. The van der Waals surface area contributed by atoms with Gasteiger partial charge < -0.3 is 21.1 Å². The van der Waals surface area contributed by atoms with Gasteiger partial charge in [-0.15, -0.1) is 0 Å². The van der Waals surface area contributed by atoms with Gasteiger partial charge in [-0.3, -0.25) is 4.98 Å². The molecule has 4 aromatic rings. The summed E-state index contributed by atoms with van der Waals surface area (Å²) in [4.78, 5) is 14.9. The quantitative estimate of drug-likeness (QED) is 0.439. The average molecular weight is 448 g/mol. The van der Waals surface area contributed by atoms with Crippen molar-refractivity contribution in [3.05, 3.63) is 72.7 Å². The Balaban J connectivity index is 1.56. The Morgan fingerprint density at radius 1 is 1.00 bits per heavy atom. The van der Waals surface area contributed by atoms with Crippen molar-refractivity contribution in [2.75, 3.05) is 23.3 Å². The number of anilines is 3. The molecule has 0 saturated carbocycles. The van der Waals surface area contributed by atoms with Gasteiger partial charge in [0, 0.05) is 36.9 Å². The van der Waals surface area contributed by atoms with Crippen molar-refractivity contribution < 1.29 is 13.9 Å². The minimum absolute atomic E-state index is 0.0381. The first kappa shape index (κ1) is 21.2. The van der Waals surface area contributed by atoms with Gasteiger partial charge in [0.15, 0.2) is 5.82 Å². The third-order valence-electron chi connectivity index (χ3n) is 5.67. The molecule has 1 aliphatic rings. The smallest absolute Gasteiger partial charge is 0.165 e. The topological polar surface area (TPSA) is 100 Å². The third-order valence-corrected chi connectivity index (χ3v) is 5.67. The molecule has 4 N–H and O–H groups in total. The van der Waals surface area contributed by atoms with Crippen molar-refractivity contribution in [1.29, 1.82) is 0 Å². The number of hydrogen-bond donors (Lipinski definition) is 3. The van der Waals surface area contributed by atoms with Crippen LogP contribution < -0.4 is 16.0 Å². The summed E-state index contributed by atoms with van der Waals surface area (Å²) in [5.41, 5.74) is 8.51. The van der Waals surface area contributed by atoms with Crippen molar-refractivity contribution in [3.63, 3.8) is 0 Å². The fraction of sp³-hybridized carbons (Fsp3) is 0.208. The molecule has 0 amide bonds. The first-order valence-electron chi connectivity index (χ1n) is 10.6. The summed E-state index contributed by atoms with van der Waals surface area (Å²) in [6.45, 7) is 1.06. The summed E-state index contributed by atoms with van der Waals surface area (Å²) in [5.74, 6) is -1.49. The second kappa shape index (κ2) is 8.68. The molecule has 0 bridgehead atoms. The Labute approximate surface area is 188 Å². The van der Waals surface area contributed by atoms with E-state index in [1.54, 1.807) is 18.6 Å². The molecule has 5 rings (SSSR count). The summed E-state index contributed by atoms with van der Waals surface area (Å²) in [6, 6.07) is 10.9. The summed E-state index contributed by atoms with van der Waals surface area (Å²) in [6.07, 6.45) is 4.94. The van der Waals surface area contributed by atoms with Gasteiger partial charge in [0.05, 0.1) is 40.4 Å². The normalized spacial score (nSPS) is 18.5. The summed E-state index contributed by atoms with van der Waals surface area (Å²) in [5, 5.41) is 14.2. The molecule has 1 saturated heterocycles. The minimum Gasteiger partial charge on any atom is -0.391 e. The molecular weight excluding hydrogens is 426 g/mol. The highest BCUT2D eigenvalue weighted by atomic mass is 19.1. The fourth-order valence-corrected chi connectivity index (χ4v) is 4.20. The number of piperidine rings is 1. The zero-order valence-corrected chi connectivity index (χ0v) is 17.6. The van der Waals surface area contributed by atoms with Crippen molar-refractivity contribution in [2.24, 2.45) is 5.73 Å². The summed E-state index contributed by atoms with van der Waals surface area (Å²) >= 11 is 0. The predicted octanol–water partition coefficient (Wildman–Crippen LogP) is 3.61. The van der Waals surface area contributed by atoms with Crippen LogP contribution in [0.4, 0.5) is 25.8 Å². The molecule has 3 heterocycles. The lowest BCUT2D eigenvalue weighted by molar-refractivity contribution is 0.145. The number of rotatable bonds is 4. The minimum atomic E-state index is -0.727. The maximum Gasteiger partial charge on any atom is 0.165 e. The van der Waals surface area contributed by atoms with E-state index in [1.165, 1.54) is 18.2 Å². The van der Waals surface area contributed by atoms with Crippen LogP contribution in [0.25, 0.3) is 22.3 Å². The first-order valence-corrected chi connectivity index (χ1v) is 10.6. The monoisotopic (exact) mass is 448 g/mol.